The Morgan fingerprint density at radius 2 is 1.86 bits per heavy atom. The van der Waals surface area contributed by atoms with Crippen LogP contribution in [0.4, 0.5) is 5.82 Å². The number of hydrogen-bond acceptors (Lipinski definition) is 5. The van der Waals surface area contributed by atoms with E-state index in [1.54, 1.807) is 0 Å². The molecule has 1 heterocycles. The molecule has 0 fully saturated rings. The molecule has 0 atom stereocenters. The molecule has 6 nitrogen and oxygen atoms in total. The van der Waals surface area contributed by atoms with E-state index in [1.807, 2.05) is 13.8 Å². The molecule has 0 aliphatic carbocycles. The molecule has 1 aromatic heterocycles. The topological polar surface area (TPSA) is 97.1 Å². The summed E-state index contributed by atoms with van der Waals surface area (Å²) in [5.41, 5.74) is 1.72. The Balaban J connectivity index is 3.15. The largest absolute Gasteiger partial charge is 0.307 e. The Morgan fingerprint density at radius 3 is 2.33 bits per heavy atom. The summed E-state index contributed by atoms with van der Waals surface area (Å²) >= 11 is 3.22. The number of nitrogens with zero attached hydrogens (tertiary/aromatic N) is 1. The van der Waals surface area contributed by atoms with Gasteiger partial charge in [0.1, 0.15) is 4.90 Å². The van der Waals surface area contributed by atoms with Gasteiger partial charge < -0.3 is 5.43 Å². The molecule has 1 rings (SSSR count). The van der Waals surface area contributed by atoms with Crippen molar-refractivity contribution in [3.63, 3.8) is 0 Å². The highest BCUT2D eigenvalue weighted by Gasteiger charge is 2.32. The van der Waals surface area contributed by atoms with Crippen LogP contribution in [0.3, 0.4) is 0 Å². The van der Waals surface area contributed by atoms with Crippen molar-refractivity contribution >= 4 is 31.8 Å². The van der Waals surface area contributed by atoms with E-state index in [0.717, 1.165) is 0 Å². The Hall–Kier alpha value is -0.700. The molecule has 0 radical (unpaired) electrons. The van der Waals surface area contributed by atoms with Crippen molar-refractivity contribution in [3.8, 4) is 0 Å². The number of nitrogen functional groups attached to an aromatic ring is 1. The molecule has 4 N–H and O–H groups in total. The summed E-state index contributed by atoms with van der Waals surface area (Å²) in [5.74, 6) is 5.45. The fraction of sp³-hybridized carbons (Fsp3) is 0.615. The number of hydrazine groups is 1. The van der Waals surface area contributed by atoms with E-state index in [-0.39, 0.29) is 16.1 Å². The average molecular weight is 379 g/mol. The minimum absolute atomic E-state index is 0.00348. The summed E-state index contributed by atoms with van der Waals surface area (Å²) in [6.45, 7) is 9.91. The maximum Gasteiger partial charge on any atom is 0.244 e. The number of anilines is 1. The molecule has 0 saturated heterocycles. The van der Waals surface area contributed by atoms with Crippen molar-refractivity contribution in [1.82, 2.24) is 9.71 Å². The van der Waals surface area contributed by atoms with Crippen LogP contribution in [0.5, 0.6) is 0 Å². The minimum Gasteiger partial charge on any atom is -0.307 e. The number of nitrogens with one attached hydrogen (secondary N) is 2. The maximum atomic E-state index is 12.6. The zero-order chi connectivity index (χ0) is 16.5. The fourth-order valence-electron chi connectivity index (χ4n) is 2.51. The molecular formula is C13H23BrN4O2S. The molecule has 0 bridgehead atoms. The van der Waals surface area contributed by atoms with E-state index in [2.05, 4.69) is 51.8 Å². The normalized spacial score (nSPS) is 13.3. The van der Waals surface area contributed by atoms with Gasteiger partial charge in [-0.1, -0.05) is 20.8 Å². The van der Waals surface area contributed by atoms with Crippen molar-refractivity contribution < 1.29 is 8.42 Å². The molecule has 0 saturated carbocycles. The van der Waals surface area contributed by atoms with Crippen LogP contribution < -0.4 is 16.0 Å². The van der Waals surface area contributed by atoms with Crippen LogP contribution in [0, 0.1) is 5.41 Å². The average Bonchev–Trinajstić information content (AvgIpc) is 2.23. The first kappa shape index (κ1) is 18.3. The summed E-state index contributed by atoms with van der Waals surface area (Å²) in [6.07, 6.45) is 2.17. The Kier molecular flexibility index (Phi) is 5.41. The molecule has 8 heteroatoms. The van der Waals surface area contributed by atoms with Crippen molar-refractivity contribution in [2.45, 2.75) is 51.5 Å². The lowest BCUT2D eigenvalue weighted by Crippen LogP contribution is -2.45. The lowest BCUT2D eigenvalue weighted by atomic mass is 9.82. The first-order valence-corrected chi connectivity index (χ1v) is 8.80. The Labute approximate surface area is 135 Å². The van der Waals surface area contributed by atoms with E-state index in [9.17, 15) is 8.42 Å². The van der Waals surface area contributed by atoms with Gasteiger partial charge in [0.15, 0.2) is 5.82 Å². The second kappa shape index (κ2) is 6.20. The van der Waals surface area contributed by atoms with Gasteiger partial charge in [0.05, 0.1) is 0 Å². The zero-order valence-corrected chi connectivity index (χ0v) is 15.4. The van der Waals surface area contributed by atoms with Crippen LogP contribution in [-0.2, 0) is 10.0 Å². The summed E-state index contributed by atoms with van der Waals surface area (Å²) in [6, 6.07) is 1.47. The number of sulfonamides is 1. The number of rotatable bonds is 5. The smallest absolute Gasteiger partial charge is 0.244 e. The lowest BCUT2D eigenvalue weighted by molar-refractivity contribution is 0.269. The highest BCUT2D eigenvalue weighted by Crippen LogP contribution is 2.29. The van der Waals surface area contributed by atoms with Gasteiger partial charge in [-0.15, -0.1) is 0 Å². The van der Waals surface area contributed by atoms with Gasteiger partial charge in [0.2, 0.25) is 10.0 Å². The van der Waals surface area contributed by atoms with Crippen LogP contribution in [0.1, 0.15) is 41.0 Å². The van der Waals surface area contributed by atoms with Crippen LogP contribution in [0.15, 0.2) is 21.6 Å². The second-order valence-electron chi connectivity index (χ2n) is 6.87. The second-order valence-corrected chi connectivity index (χ2v) is 9.44. The quantitative estimate of drug-likeness (QED) is 0.540. The molecule has 0 aliphatic rings. The Morgan fingerprint density at radius 1 is 1.29 bits per heavy atom. The molecular weight excluding hydrogens is 356 g/mol. The number of aromatic nitrogens is 1. The summed E-state index contributed by atoms with van der Waals surface area (Å²) in [7, 11) is -3.74. The predicted octanol–water partition coefficient (Wildman–Crippen LogP) is 2.62. The van der Waals surface area contributed by atoms with Gasteiger partial charge in [-0.3, -0.25) is 0 Å². The summed E-state index contributed by atoms with van der Waals surface area (Å²) < 4.78 is 28.5. The van der Waals surface area contributed by atoms with E-state index in [4.69, 9.17) is 5.84 Å². The maximum absolute atomic E-state index is 12.6. The molecule has 0 aromatic carbocycles. The van der Waals surface area contributed by atoms with Crippen molar-refractivity contribution in [2.24, 2.45) is 11.3 Å². The van der Waals surface area contributed by atoms with Gasteiger partial charge in [-0.25, -0.2) is 24.0 Å². The zero-order valence-electron chi connectivity index (χ0n) is 13.0. The van der Waals surface area contributed by atoms with Crippen molar-refractivity contribution in [1.29, 1.82) is 0 Å². The highest BCUT2D eigenvalue weighted by molar-refractivity contribution is 9.10. The van der Waals surface area contributed by atoms with Crippen LogP contribution in [-0.4, -0.2) is 18.9 Å². The van der Waals surface area contributed by atoms with Gasteiger partial charge in [0.25, 0.3) is 0 Å². The standard InChI is InChI=1S/C13H23BrN4O2S/c1-12(2,3)8-13(4,5)18-21(19,20)10-6-9(14)7-16-11(10)17-15/h6-7,18H,8,15H2,1-5H3,(H,16,17). The van der Waals surface area contributed by atoms with Gasteiger partial charge >= 0.3 is 0 Å². The number of pyridine rings is 1. The van der Waals surface area contributed by atoms with Crippen molar-refractivity contribution in [3.05, 3.63) is 16.7 Å². The SMILES string of the molecule is CC(C)(C)CC(C)(C)NS(=O)(=O)c1cc(Br)cnc1NN. The molecule has 1 aromatic rings. The van der Waals surface area contributed by atoms with Gasteiger partial charge in [-0.2, -0.15) is 0 Å². The molecule has 0 unspecified atom stereocenters. The number of nitrogens with two attached hydrogens (primary N) is 1. The third kappa shape index (κ3) is 5.54. The van der Waals surface area contributed by atoms with Gasteiger partial charge in [-0.05, 0) is 47.7 Å². The molecule has 120 valence electrons. The molecule has 0 aliphatic heterocycles. The fourth-order valence-corrected chi connectivity index (χ4v) is 4.56. The van der Waals surface area contributed by atoms with E-state index >= 15 is 0 Å². The molecule has 0 spiro atoms. The Bertz CT molecular complexity index is 609. The first-order valence-electron chi connectivity index (χ1n) is 6.52. The predicted molar refractivity (Wildman–Crippen MR) is 88.2 cm³/mol. The lowest BCUT2D eigenvalue weighted by Gasteiger charge is -2.33. The molecule has 0 amide bonds. The number of hydrogen-bond donors (Lipinski definition) is 3. The monoisotopic (exact) mass is 378 g/mol. The van der Waals surface area contributed by atoms with E-state index < -0.39 is 15.6 Å². The summed E-state index contributed by atoms with van der Waals surface area (Å²) in [4.78, 5) is 3.98. The van der Waals surface area contributed by atoms with Crippen LogP contribution in [0.2, 0.25) is 0 Å². The highest BCUT2D eigenvalue weighted by atomic mass is 79.9. The minimum atomic E-state index is -3.74. The summed E-state index contributed by atoms with van der Waals surface area (Å²) in [5, 5.41) is 0. The third-order valence-corrected chi connectivity index (χ3v) is 4.77. The first-order chi connectivity index (χ1) is 9.36. The third-order valence-electron chi connectivity index (χ3n) is 2.63. The number of halogens is 1. The van der Waals surface area contributed by atoms with Gasteiger partial charge in [0, 0.05) is 16.2 Å². The molecule has 21 heavy (non-hydrogen) atoms. The van der Waals surface area contributed by atoms with Crippen LogP contribution in [0.25, 0.3) is 0 Å². The van der Waals surface area contributed by atoms with Crippen LogP contribution >= 0.6 is 15.9 Å². The van der Waals surface area contributed by atoms with Crippen molar-refractivity contribution in [2.75, 3.05) is 5.43 Å². The van der Waals surface area contributed by atoms with E-state index in [0.29, 0.717) is 10.9 Å². The van der Waals surface area contributed by atoms with E-state index in [1.165, 1.54) is 12.3 Å².